The van der Waals surface area contributed by atoms with Crippen molar-refractivity contribution in [1.29, 1.82) is 0 Å². The third-order valence-corrected chi connectivity index (χ3v) is 7.40. The number of imide groups is 1. The van der Waals surface area contributed by atoms with Crippen LogP contribution in [0.3, 0.4) is 0 Å². The highest BCUT2D eigenvalue weighted by molar-refractivity contribution is 6.20. The molecule has 1 aromatic heterocycles. The number of anilines is 1. The Kier molecular flexibility index (Phi) is 5.65. The molecule has 2 amide bonds. The Morgan fingerprint density at radius 3 is 2.28 bits per heavy atom. The second-order valence-electron chi connectivity index (χ2n) is 10.6. The number of hydrogen-bond donors (Lipinski definition) is 0. The number of Topliss-reactive ketones (excluding diaryl/α,β-unsaturated/α-hetero) is 1. The molecule has 3 aliphatic rings. The molecule has 0 N–H and O–H groups in total. The molecule has 3 heterocycles. The Labute approximate surface area is 223 Å². The van der Waals surface area contributed by atoms with Crippen LogP contribution in [0, 0.1) is 15.5 Å². The largest absolute Gasteiger partial charge is 0.303 e. The van der Waals surface area contributed by atoms with E-state index in [1.165, 1.54) is 12.1 Å². The Balaban J connectivity index is 1.43. The van der Waals surface area contributed by atoms with E-state index in [9.17, 15) is 24.5 Å². The average molecular weight is 525 g/mol. The molecule has 0 fully saturated rings. The highest BCUT2D eigenvalue weighted by Crippen LogP contribution is 2.51. The number of hydroxylamine groups is 2. The van der Waals surface area contributed by atoms with E-state index in [1.807, 2.05) is 19.9 Å². The summed E-state index contributed by atoms with van der Waals surface area (Å²) in [6.45, 7) is 3.80. The van der Waals surface area contributed by atoms with E-state index < -0.39 is 22.7 Å². The maximum atomic E-state index is 13.7. The molecule has 2 aliphatic heterocycles. The molecule has 2 aromatic carbocycles. The zero-order chi connectivity index (χ0) is 27.5. The van der Waals surface area contributed by atoms with Crippen LogP contribution in [0.2, 0.25) is 0 Å². The van der Waals surface area contributed by atoms with Crippen molar-refractivity contribution >= 4 is 29.1 Å². The Morgan fingerprint density at radius 1 is 0.974 bits per heavy atom. The van der Waals surface area contributed by atoms with E-state index in [2.05, 4.69) is 4.98 Å². The van der Waals surface area contributed by atoms with E-state index in [1.54, 1.807) is 53.6 Å². The second-order valence-corrected chi connectivity index (χ2v) is 10.6. The van der Waals surface area contributed by atoms with Gasteiger partial charge in [-0.15, -0.1) is 5.06 Å². The smallest absolute Gasteiger partial charge is 0.285 e. The maximum Gasteiger partial charge on any atom is 0.285 e. The molecular weight excluding hydrogens is 500 g/mol. The lowest BCUT2D eigenvalue weighted by atomic mass is 9.68. The minimum Gasteiger partial charge on any atom is -0.303 e. The van der Waals surface area contributed by atoms with Gasteiger partial charge in [0.1, 0.15) is 5.82 Å². The summed E-state index contributed by atoms with van der Waals surface area (Å²) >= 11 is 0. The van der Waals surface area contributed by atoms with Crippen LogP contribution in [0.5, 0.6) is 0 Å². The van der Waals surface area contributed by atoms with Gasteiger partial charge in [-0.05, 0) is 35.6 Å². The number of carbonyl (C=O) groups is 3. The van der Waals surface area contributed by atoms with Crippen LogP contribution >= 0.6 is 0 Å². The zero-order valence-corrected chi connectivity index (χ0v) is 21.3. The van der Waals surface area contributed by atoms with E-state index >= 15 is 0 Å². The van der Waals surface area contributed by atoms with Gasteiger partial charge in [-0.2, -0.15) is 0 Å². The molecule has 0 bridgehead atoms. The SMILES string of the molecule is CC1(C)CC(=O)C2=C(C1)N(CON1C(=O)c3ccccc3C1=O)c1ncccc1C2c1ccc([N+](=O)[O-])cc1. The minimum absolute atomic E-state index is 0.0372. The van der Waals surface area contributed by atoms with E-state index in [0.717, 1.165) is 16.2 Å². The summed E-state index contributed by atoms with van der Waals surface area (Å²) in [4.78, 5) is 62.5. The summed E-state index contributed by atoms with van der Waals surface area (Å²) in [5.41, 5.74) is 2.87. The quantitative estimate of drug-likeness (QED) is 0.266. The van der Waals surface area contributed by atoms with E-state index in [4.69, 9.17) is 4.84 Å². The van der Waals surface area contributed by atoms with Crippen molar-refractivity contribution in [2.75, 3.05) is 11.6 Å². The van der Waals surface area contributed by atoms with Crippen molar-refractivity contribution in [2.24, 2.45) is 5.41 Å². The molecule has 0 radical (unpaired) electrons. The predicted octanol–water partition coefficient (Wildman–Crippen LogP) is 4.77. The van der Waals surface area contributed by atoms with Gasteiger partial charge in [-0.1, -0.05) is 44.2 Å². The molecule has 1 atom stereocenters. The summed E-state index contributed by atoms with van der Waals surface area (Å²) in [5.74, 6) is -1.09. The van der Waals surface area contributed by atoms with Crippen LogP contribution in [-0.2, 0) is 9.63 Å². The average Bonchev–Trinajstić information content (AvgIpc) is 3.15. The Morgan fingerprint density at radius 2 is 1.64 bits per heavy atom. The van der Waals surface area contributed by atoms with Crippen molar-refractivity contribution < 1.29 is 24.1 Å². The third kappa shape index (κ3) is 4.00. The summed E-state index contributed by atoms with van der Waals surface area (Å²) in [5, 5.41) is 12.0. The lowest BCUT2D eigenvalue weighted by molar-refractivity contribution is -0.384. The van der Waals surface area contributed by atoms with Crippen LogP contribution in [0.15, 0.2) is 78.1 Å². The molecule has 196 valence electrons. The van der Waals surface area contributed by atoms with Crippen molar-refractivity contribution in [3.8, 4) is 0 Å². The summed E-state index contributed by atoms with van der Waals surface area (Å²) in [7, 11) is 0. The molecule has 6 rings (SSSR count). The van der Waals surface area contributed by atoms with E-state index in [-0.39, 0.29) is 34.7 Å². The van der Waals surface area contributed by atoms with Gasteiger partial charge in [0.2, 0.25) is 0 Å². The summed E-state index contributed by atoms with van der Waals surface area (Å²) in [6, 6.07) is 16.4. The molecule has 0 saturated carbocycles. The fourth-order valence-corrected chi connectivity index (χ4v) is 5.69. The molecule has 0 spiro atoms. The number of aromatic nitrogens is 1. The predicted molar refractivity (Wildman–Crippen MR) is 140 cm³/mol. The fraction of sp³-hybridized carbons (Fsp3) is 0.241. The lowest BCUT2D eigenvalue weighted by Gasteiger charge is -2.44. The summed E-state index contributed by atoms with van der Waals surface area (Å²) in [6.07, 6.45) is 2.49. The first-order chi connectivity index (χ1) is 18.7. The minimum atomic E-state index is -0.549. The number of benzene rings is 2. The van der Waals surface area contributed by atoms with Crippen LogP contribution in [0.1, 0.15) is 64.4 Å². The number of non-ortho nitro benzene ring substituents is 1. The first-order valence-corrected chi connectivity index (χ1v) is 12.5. The van der Waals surface area contributed by atoms with E-state index in [0.29, 0.717) is 29.9 Å². The number of pyridine rings is 1. The van der Waals surface area contributed by atoms with Gasteiger partial charge in [0.05, 0.1) is 16.1 Å². The molecule has 1 aliphatic carbocycles. The second kappa shape index (κ2) is 8.95. The highest BCUT2D eigenvalue weighted by Gasteiger charge is 2.45. The Hall–Kier alpha value is -4.70. The van der Waals surface area contributed by atoms with Gasteiger partial charge in [0.15, 0.2) is 12.5 Å². The third-order valence-electron chi connectivity index (χ3n) is 7.40. The molecule has 0 saturated heterocycles. The normalized spacial score (nSPS) is 19.6. The number of nitrogens with zero attached hydrogens (tertiary/aromatic N) is 4. The number of ketones is 1. The summed E-state index contributed by atoms with van der Waals surface area (Å²) < 4.78 is 0. The topological polar surface area (TPSA) is 123 Å². The number of fused-ring (bicyclic) bond motifs is 2. The zero-order valence-electron chi connectivity index (χ0n) is 21.3. The number of amides is 2. The lowest BCUT2D eigenvalue weighted by Crippen LogP contribution is -2.43. The van der Waals surface area contributed by atoms with Gasteiger partial charge < -0.3 is 4.90 Å². The van der Waals surface area contributed by atoms with Crippen molar-refractivity contribution in [2.45, 2.75) is 32.6 Å². The van der Waals surface area contributed by atoms with Gasteiger partial charge in [0.25, 0.3) is 17.5 Å². The monoisotopic (exact) mass is 524 g/mol. The number of nitro groups is 1. The number of nitro benzene ring substituents is 1. The number of carbonyl (C=O) groups excluding carboxylic acids is 3. The van der Waals surface area contributed by atoms with Crippen molar-refractivity contribution in [1.82, 2.24) is 10.0 Å². The molecule has 39 heavy (non-hydrogen) atoms. The van der Waals surface area contributed by atoms with Gasteiger partial charge in [-0.25, -0.2) is 9.82 Å². The molecule has 10 heteroatoms. The number of hydrogen-bond acceptors (Lipinski definition) is 8. The maximum absolute atomic E-state index is 13.7. The number of rotatable bonds is 5. The van der Waals surface area contributed by atoms with Gasteiger partial charge in [0, 0.05) is 47.5 Å². The fourth-order valence-electron chi connectivity index (χ4n) is 5.69. The van der Waals surface area contributed by atoms with Crippen molar-refractivity contribution in [3.63, 3.8) is 0 Å². The Bertz CT molecular complexity index is 1560. The van der Waals surface area contributed by atoms with Gasteiger partial charge >= 0.3 is 0 Å². The molecule has 3 aromatic rings. The van der Waals surface area contributed by atoms with Gasteiger partial charge in [-0.3, -0.25) is 24.5 Å². The van der Waals surface area contributed by atoms with Crippen LogP contribution in [0.4, 0.5) is 11.5 Å². The molecule has 10 nitrogen and oxygen atoms in total. The molecular formula is C29H24N4O6. The van der Waals surface area contributed by atoms with Crippen LogP contribution in [-0.4, -0.2) is 39.3 Å². The molecule has 1 unspecified atom stereocenters. The van der Waals surface area contributed by atoms with Crippen molar-refractivity contribution in [3.05, 3.63) is 110 Å². The first kappa shape index (κ1) is 24.6. The van der Waals surface area contributed by atoms with Crippen LogP contribution in [0.25, 0.3) is 0 Å². The standard InChI is InChI=1S/C29H24N4O6/c1-29(2)14-22-25(23(34)15-29)24(17-9-11-18(12-10-17)33(37)38)21-8-5-13-30-26(21)31(22)16-39-32-27(35)19-6-3-4-7-20(19)28(32)36/h3-13,24H,14-16H2,1-2H3. The first-order valence-electron chi connectivity index (χ1n) is 12.5. The number of allylic oxidation sites excluding steroid dienone is 2. The highest BCUT2D eigenvalue weighted by atomic mass is 16.7. The van der Waals surface area contributed by atoms with Crippen LogP contribution < -0.4 is 4.90 Å².